The van der Waals surface area contributed by atoms with Gasteiger partial charge in [-0.15, -0.1) is 0 Å². The quantitative estimate of drug-likeness (QED) is 0.525. The fourth-order valence-electron chi connectivity index (χ4n) is 1.81. The van der Waals surface area contributed by atoms with Crippen molar-refractivity contribution in [3.8, 4) is 11.8 Å². The lowest BCUT2D eigenvalue weighted by Gasteiger charge is -2.06. The molecular formula is C16H18Br2N2O2. The fraction of sp³-hybridized carbons (Fsp3) is 0.375. The van der Waals surface area contributed by atoms with Crippen LogP contribution in [-0.2, 0) is 0 Å². The second-order valence-electron chi connectivity index (χ2n) is 4.74. The van der Waals surface area contributed by atoms with Crippen LogP contribution in [-0.4, -0.2) is 23.2 Å². The Morgan fingerprint density at radius 1 is 0.682 bits per heavy atom. The minimum Gasteiger partial charge on any atom is -0.478 e. The van der Waals surface area contributed by atoms with E-state index in [2.05, 4.69) is 41.8 Å². The molecule has 0 aliphatic carbocycles. The van der Waals surface area contributed by atoms with E-state index in [1.54, 1.807) is 12.4 Å². The molecule has 2 rings (SSSR count). The molecule has 0 unspecified atom stereocenters. The van der Waals surface area contributed by atoms with Crippen LogP contribution in [0, 0.1) is 0 Å². The lowest BCUT2D eigenvalue weighted by atomic mass is 10.2. The highest BCUT2D eigenvalue weighted by atomic mass is 79.9. The summed E-state index contributed by atoms with van der Waals surface area (Å²) in [6.45, 7) is 1.40. The van der Waals surface area contributed by atoms with Crippen molar-refractivity contribution in [3.63, 3.8) is 0 Å². The first kappa shape index (κ1) is 17.2. The maximum absolute atomic E-state index is 5.57. The molecule has 6 heteroatoms. The maximum Gasteiger partial charge on any atom is 0.213 e. The van der Waals surface area contributed by atoms with E-state index in [1.807, 2.05) is 24.3 Å². The van der Waals surface area contributed by atoms with Crippen LogP contribution in [0.15, 0.2) is 45.6 Å². The number of ether oxygens (including phenoxy) is 2. The van der Waals surface area contributed by atoms with E-state index in [1.165, 1.54) is 0 Å². The predicted octanol–water partition coefficient (Wildman–Crippen LogP) is 5.02. The zero-order chi connectivity index (χ0) is 15.6. The third-order valence-corrected chi connectivity index (χ3v) is 3.88. The van der Waals surface area contributed by atoms with Gasteiger partial charge in [0.05, 0.1) is 13.2 Å². The fourth-order valence-corrected chi connectivity index (χ4v) is 2.28. The zero-order valence-electron chi connectivity index (χ0n) is 12.2. The summed E-state index contributed by atoms with van der Waals surface area (Å²) in [5, 5.41) is 0. The number of halogens is 2. The lowest BCUT2D eigenvalue weighted by molar-refractivity contribution is 0.277. The molecule has 4 nitrogen and oxygen atoms in total. The Morgan fingerprint density at radius 3 is 1.50 bits per heavy atom. The number of nitrogens with zero attached hydrogens (tertiary/aromatic N) is 2. The van der Waals surface area contributed by atoms with Crippen LogP contribution in [0.4, 0.5) is 0 Å². The highest BCUT2D eigenvalue weighted by Crippen LogP contribution is 2.14. The molecule has 0 fully saturated rings. The summed E-state index contributed by atoms with van der Waals surface area (Å²) in [6, 6.07) is 7.58. The lowest BCUT2D eigenvalue weighted by Crippen LogP contribution is -2.01. The van der Waals surface area contributed by atoms with Gasteiger partial charge in [0.15, 0.2) is 0 Å². The Labute approximate surface area is 147 Å². The average molecular weight is 430 g/mol. The van der Waals surface area contributed by atoms with Crippen LogP contribution in [0.25, 0.3) is 0 Å². The molecule has 118 valence electrons. The molecule has 22 heavy (non-hydrogen) atoms. The third-order valence-electron chi connectivity index (χ3n) is 2.94. The number of hydrogen-bond acceptors (Lipinski definition) is 4. The van der Waals surface area contributed by atoms with Crippen molar-refractivity contribution in [1.82, 2.24) is 9.97 Å². The summed E-state index contributed by atoms with van der Waals surface area (Å²) < 4.78 is 13.1. The second-order valence-corrected chi connectivity index (χ2v) is 6.57. The van der Waals surface area contributed by atoms with Gasteiger partial charge in [-0.3, -0.25) is 0 Å². The van der Waals surface area contributed by atoms with Crippen molar-refractivity contribution < 1.29 is 9.47 Å². The van der Waals surface area contributed by atoms with Crippen LogP contribution in [0.3, 0.4) is 0 Å². The van der Waals surface area contributed by atoms with Crippen LogP contribution in [0.5, 0.6) is 11.8 Å². The molecule has 0 amide bonds. The van der Waals surface area contributed by atoms with Gasteiger partial charge in [0, 0.05) is 33.5 Å². The molecular weight excluding hydrogens is 412 g/mol. The SMILES string of the molecule is Brc1ccc(OCCCCCCOc2ccc(Br)cn2)nc1. The van der Waals surface area contributed by atoms with Gasteiger partial charge in [-0.1, -0.05) is 0 Å². The van der Waals surface area contributed by atoms with Gasteiger partial charge in [0.25, 0.3) is 0 Å². The number of rotatable bonds is 9. The van der Waals surface area contributed by atoms with E-state index in [4.69, 9.17) is 9.47 Å². The van der Waals surface area contributed by atoms with Crippen molar-refractivity contribution in [2.75, 3.05) is 13.2 Å². The van der Waals surface area contributed by atoms with E-state index in [9.17, 15) is 0 Å². The van der Waals surface area contributed by atoms with E-state index >= 15 is 0 Å². The normalized spacial score (nSPS) is 10.5. The molecule has 2 heterocycles. The summed E-state index contributed by atoms with van der Waals surface area (Å²) in [4.78, 5) is 8.33. The first-order valence-electron chi connectivity index (χ1n) is 7.23. The molecule has 0 spiro atoms. The Kier molecular flexibility index (Phi) is 7.66. The summed E-state index contributed by atoms with van der Waals surface area (Å²) in [7, 11) is 0. The molecule has 2 aromatic rings. The summed E-state index contributed by atoms with van der Waals surface area (Å²) >= 11 is 6.69. The molecule has 0 saturated heterocycles. The minimum absolute atomic E-state index is 0.674. The Hall–Kier alpha value is -1.14. The minimum atomic E-state index is 0.674. The van der Waals surface area contributed by atoms with Crippen molar-refractivity contribution >= 4 is 31.9 Å². The molecule has 0 aliphatic rings. The van der Waals surface area contributed by atoms with Gasteiger partial charge in [-0.25, -0.2) is 9.97 Å². The first-order chi connectivity index (χ1) is 10.7. The third kappa shape index (κ3) is 6.75. The number of hydrogen-bond donors (Lipinski definition) is 0. The number of pyridine rings is 2. The molecule has 0 bridgehead atoms. The first-order valence-corrected chi connectivity index (χ1v) is 8.81. The Bertz CT molecular complexity index is 496. The zero-order valence-corrected chi connectivity index (χ0v) is 15.3. The molecule has 0 aromatic carbocycles. The van der Waals surface area contributed by atoms with Crippen LogP contribution < -0.4 is 9.47 Å². The standard InChI is InChI=1S/C16H18Br2N2O2/c17-13-5-7-15(19-11-13)21-9-3-1-2-4-10-22-16-8-6-14(18)12-20-16/h5-8,11-12H,1-4,9-10H2. The van der Waals surface area contributed by atoms with Gasteiger partial charge in [0.2, 0.25) is 11.8 Å². The van der Waals surface area contributed by atoms with Gasteiger partial charge < -0.3 is 9.47 Å². The Balaban J connectivity index is 1.47. The second kappa shape index (κ2) is 9.79. The monoisotopic (exact) mass is 428 g/mol. The summed E-state index contributed by atoms with van der Waals surface area (Å²) in [5.74, 6) is 1.35. The van der Waals surface area contributed by atoms with E-state index in [-0.39, 0.29) is 0 Å². The van der Waals surface area contributed by atoms with E-state index < -0.39 is 0 Å². The van der Waals surface area contributed by atoms with Gasteiger partial charge in [-0.2, -0.15) is 0 Å². The van der Waals surface area contributed by atoms with Gasteiger partial charge in [-0.05, 0) is 69.7 Å². The van der Waals surface area contributed by atoms with Crippen LogP contribution >= 0.6 is 31.9 Å². The topological polar surface area (TPSA) is 44.2 Å². The average Bonchev–Trinajstić information content (AvgIpc) is 2.53. The van der Waals surface area contributed by atoms with E-state index in [0.717, 1.165) is 34.6 Å². The maximum atomic E-state index is 5.57. The van der Waals surface area contributed by atoms with Crippen molar-refractivity contribution in [3.05, 3.63) is 45.6 Å². The smallest absolute Gasteiger partial charge is 0.213 e. The highest BCUT2D eigenvalue weighted by molar-refractivity contribution is 9.10. The van der Waals surface area contributed by atoms with E-state index in [0.29, 0.717) is 25.0 Å². The van der Waals surface area contributed by atoms with Gasteiger partial charge >= 0.3 is 0 Å². The van der Waals surface area contributed by atoms with Crippen molar-refractivity contribution in [1.29, 1.82) is 0 Å². The molecule has 0 N–H and O–H groups in total. The highest BCUT2D eigenvalue weighted by Gasteiger charge is 1.97. The van der Waals surface area contributed by atoms with Crippen molar-refractivity contribution in [2.45, 2.75) is 25.7 Å². The summed E-state index contributed by atoms with van der Waals surface area (Å²) in [6.07, 6.45) is 7.76. The molecule has 0 radical (unpaired) electrons. The largest absolute Gasteiger partial charge is 0.478 e. The Morgan fingerprint density at radius 2 is 1.14 bits per heavy atom. The van der Waals surface area contributed by atoms with Crippen LogP contribution in [0.2, 0.25) is 0 Å². The van der Waals surface area contributed by atoms with Gasteiger partial charge in [0.1, 0.15) is 0 Å². The molecule has 0 aliphatic heterocycles. The molecule has 0 saturated carbocycles. The number of aromatic nitrogens is 2. The molecule has 0 atom stereocenters. The molecule has 2 aromatic heterocycles. The number of unbranched alkanes of at least 4 members (excludes halogenated alkanes) is 3. The predicted molar refractivity (Wildman–Crippen MR) is 93.3 cm³/mol. The van der Waals surface area contributed by atoms with Crippen molar-refractivity contribution in [2.24, 2.45) is 0 Å². The summed E-state index contributed by atoms with van der Waals surface area (Å²) in [5.41, 5.74) is 0. The van der Waals surface area contributed by atoms with Crippen LogP contribution in [0.1, 0.15) is 25.7 Å².